The highest BCUT2D eigenvalue weighted by molar-refractivity contribution is 7.90. The third-order valence-corrected chi connectivity index (χ3v) is 2.54. The second-order valence-electron chi connectivity index (χ2n) is 2.75. The van der Waals surface area contributed by atoms with Crippen LogP contribution in [-0.4, -0.2) is 14.7 Å². The first-order chi connectivity index (χ1) is 5.39. The first-order valence-electron chi connectivity index (χ1n) is 3.38. The Hall–Kier alpha value is -1.03. The Labute approximate surface area is 71.6 Å². The van der Waals surface area contributed by atoms with Crippen LogP contribution in [-0.2, 0) is 14.9 Å². The molecule has 0 N–H and O–H groups in total. The average molecular weight is 185 g/mol. The molecular formula is C8H9O3S. The lowest BCUT2D eigenvalue weighted by molar-refractivity contribution is 0.353. The van der Waals surface area contributed by atoms with Crippen LogP contribution in [0.4, 0.5) is 0 Å². The van der Waals surface area contributed by atoms with E-state index in [1.165, 1.54) is 12.1 Å². The van der Waals surface area contributed by atoms with Gasteiger partial charge >= 0.3 is 0 Å². The molecule has 0 fully saturated rings. The molecule has 1 rings (SSSR count). The summed E-state index contributed by atoms with van der Waals surface area (Å²) in [7, 11) is -3.25. The number of rotatable bonds is 1. The lowest BCUT2D eigenvalue weighted by atomic mass is 10.2. The predicted molar refractivity (Wildman–Crippen MR) is 44.4 cm³/mol. The molecule has 0 aliphatic heterocycles. The highest BCUT2D eigenvalue weighted by atomic mass is 32.2. The van der Waals surface area contributed by atoms with Gasteiger partial charge in [0.1, 0.15) is 0 Å². The van der Waals surface area contributed by atoms with Crippen molar-refractivity contribution in [3.8, 4) is 5.75 Å². The molecule has 0 aromatic heterocycles. The molecule has 0 aliphatic carbocycles. The van der Waals surface area contributed by atoms with Crippen LogP contribution in [0.5, 0.6) is 5.75 Å². The van der Waals surface area contributed by atoms with Crippen molar-refractivity contribution >= 4 is 9.84 Å². The number of benzene rings is 1. The van der Waals surface area contributed by atoms with E-state index in [0.717, 1.165) is 12.3 Å². The number of hydrogen-bond donors (Lipinski definition) is 0. The van der Waals surface area contributed by atoms with E-state index in [-0.39, 0.29) is 10.6 Å². The molecule has 1 aromatic rings. The number of sulfone groups is 1. The Morgan fingerprint density at radius 3 is 2.17 bits per heavy atom. The van der Waals surface area contributed by atoms with Crippen LogP contribution >= 0.6 is 0 Å². The Kier molecular flexibility index (Phi) is 2.10. The molecule has 1 aromatic carbocycles. The molecule has 0 amide bonds. The first kappa shape index (κ1) is 9.06. The molecule has 0 saturated carbocycles. The van der Waals surface area contributed by atoms with Gasteiger partial charge < -0.3 is 0 Å². The fraction of sp³-hybridized carbons (Fsp3) is 0.250. The molecule has 0 aliphatic rings. The second-order valence-corrected chi connectivity index (χ2v) is 4.77. The van der Waals surface area contributed by atoms with Crippen molar-refractivity contribution in [1.82, 2.24) is 0 Å². The summed E-state index contributed by atoms with van der Waals surface area (Å²) in [6.07, 6.45) is 1.08. The summed E-state index contributed by atoms with van der Waals surface area (Å²) < 4.78 is 22.0. The zero-order valence-corrected chi connectivity index (χ0v) is 7.68. The summed E-state index contributed by atoms with van der Waals surface area (Å²) in [6, 6.07) is 4.01. The van der Waals surface area contributed by atoms with Gasteiger partial charge in [-0.2, -0.15) is 0 Å². The third kappa shape index (κ3) is 1.98. The molecule has 12 heavy (non-hydrogen) atoms. The molecule has 0 bridgehead atoms. The van der Waals surface area contributed by atoms with E-state index in [9.17, 15) is 13.5 Å². The summed E-state index contributed by atoms with van der Waals surface area (Å²) >= 11 is 0. The van der Waals surface area contributed by atoms with Crippen LogP contribution < -0.4 is 0 Å². The fourth-order valence-electron chi connectivity index (χ4n) is 0.928. The van der Waals surface area contributed by atoms with E-state index >= 15 is 0 Å². The average Bonchev–Trinajstić information content (AvgIpc) is 1.82. The topological polar surface area (TPSA) is 54.0 Å². The van der Waals surface area contributed by atoms with E-state index in [2.05, 4.69) is 0 Å². The van der Waals surface area contributed by atoms with Crippen molar-refractivity contribution in [1.29, 1.82) is 0 Å². The Bertz CT molecular complexity index is 373. The lowest BCUT2D eigenvalue weighted by Crippen LogP contribution is -1.96. The van der Waals surface area contributed by atoms with Crippen molar-refractivity contribution in [2.75, 3.05) is 6.26 Å². The summed E-state index contributed by atoms with van der Waals surface area (Å²) in [5.74, 6) is -0.268. The summed E-state index contributed by atoms with van der Waals surface area (Å²) in [5, 5.41) is 10.9. The lowest BCUT2D eigenvalue weighted by Gasteiger charge is -1.99. The Balaban J connectivity index is 3.37. The van der Waals surface area contributed by atoms with Gasteiger partial charge in [-0.05, 0) is 24.6 Å². The number of hydrogen-bond acceptors (Lipinski definition) is 2. The maximum absolute atomic E-state index is 11.0. The Morgan fingerprint density at radius 2 is 1.75 bits per heavy atom. The zero-order chi connectivity index (χ0) is 9.35. The SMILES string of the molecule is Cc1cc([O])cc(S(C)(=O)=O)c1. The number of aryl methyl sites for hydroxylation is 1. The van der Waals surface area contributed by atoms with E-state index in [1.807, 2.05) is 0 Å². The minimum atomic E-state index is -3.25. The Morgan fingerprint density at radius 1 is 1.17 bits per heavy atom. The fourth-order valence-corrected chi connectivity index (χ4v) is 1.66. The molecule has 0 unspecified atom stereocenters. The standard InChI is InChI=1S/C8H9O3S/c1-6-3-7(9)5-8(4-6)12(2,10)11/h3-5H,1-2H3. The van der Waals surface area contributed by atoms with Crippen LogP contribution in [0.25, 0.3) is 0 Å². The van der Waals surface area contributed by atoms with E-state index < -0.39 is 9.84 Å². The largest absolute Gasteiger partial charge is 0.290 e. The van der Waals surface area contributed by atoms with Gasteiger partial charge in [-0.15, -0.1) is 0 Å². The quantitative estimate of drug-likeness (QED) is 0.666. The minimum Gasteiger partial charge on any atom is -0.290 e. The zero-order valence-electron chi connectivity index (χ0n) is 6.87. The van der Waals surface area contributed by atoms with Crippen LogP contribution in [0.2, 0.25) is 0 Å². The van der Waals surface area contributed by atoms with Gasteiger partial charge in [-0.1, -0.05) is 0 Å². The molecular weight excluding hydrogens is 176 g/mol. The summed E-state index contributed by atoms with van der Waals surface area (Å²) in [5.41, 5.74) is 0.669. The molecule has 0 heterocycles. The van der Waals surface area contributed by atoms with Gasteiger partial charge in [0.25, 0.3) is 0 Å². The van der Waals surface area contributed by atoms with E-state index in [1.54, 1.807) is 6.92 Å². The van der Waals surface area contributed by atoms with Crippen LogP contribution in [0, 0.1) is 6.92 Å². The van der Waals surface area contributed by atoms with Crippen LogP contribution in [0.15, 0.2) is 23.1 Å². The van der Waals surface area contributed by atoms with Crippen LogP contribution in [0.1, 0.15) is 5.56 Å². The molecule has 0 spiro atoms. The second kappa shape index (κ2) is 2.79. The first-order valence-corrected chi connectivity index (χ1v) is 5.27. The van der Waals surface area contributed by atoms with Gasteiger partial charge in [-0.25, -0.2) is 8.42 Å². The molecule has 3 nitrogen and oxygen atoms in total. The molecule has 4 heteroatoms. The van der Waals surface area contributed by atoms with Gasteiger partial charge in [0.2, 0.25) is 0 Å². The molecule has 65 valence electrons. The van der Waals surface area contributed by atoms with E-state index in [4.69, 9.17) is 0 Å². The van der Waals surface area contributed by atoms with Crippen molar-refractivity contribution in [3.63, 3.8) is 0 Å². The molecule has 1 radical (unpaired) electrons. The van der Waals surface area contributed by atoms with Crippen molar-refractivity contribution in [3.05, 3.63) is 23.8 Å². The van der Waals surface area contributed by atoms with Crippen molar-refractivity contribution in [2.24, 2.45) is 0 Å². The maximum Gasteiger partial charge on any atom is 0.180 e. The summed E-state index contributed by atoms with van der Waals surface area (Å²) in [4.78, 5) is 0.0903. The normalized spacial score (nSPS) is 11.5. The van der Waals surface area contributed by atoms with Gasteiger partial charge in [0.05, 0.1) is 4.90 Å². The monoisotopic (exact) mass is 185 g/mol. The maximum atomic E-state index is 11.0. The van der Waals surface area contributed by atoms with Gasteiger partial charge in [0, 0.05) is 12.3 Å². The third-order valence-electron chi connectivity index (χ3n) is 1.45. The minimum absolute atomic E-state index is 0.0903. The molecule has 0 atom stereocenters. The molecule has 0 saturated heterocycles. The highest BCUT2D eigenvalue weighted by Crippen LogP contribution is 2.19. The predicted octanol–water partition coefficient (Wildman–Crippen LogP) is 1.54. The van der Waals surface area contributed by atoms with Crippen molar-refractivity contribution in [2.45, 2.75) is 11.8 Å². The van der Waals surface area contributed by atoms with Crippen LogP contribution in [0.3, 0.4) is 0 Å². The highest BCUT2D eigenvalue weighted by Gasteiger charge is 2.08. The summed E-state index contributed by atoms with van der Waals surface area (Å²) in [6.45, 7) is 1.69. The van der Waals surface area contributed by atoms with Gasteiger partial charge in [-0.3, -0.25) is 5.11 Å². The van der Waals surface area contributed by atoms with E-state index in [0.29, 0.717) is 5.56 Å². The smallest absolute Gasteiger partial charge is 0.180 e. The van der Waals surface area contributed by atoms with Gasteiger partial charge in [0.15, 0.2) is 15.6 Å². The van der Waals surface area contributed by atoms with Crippen molar-refractivity contribution < 1.29 is 13.5 Å².